The first kappa shape index (κ1) is 17.6. The van der Waals surface area contributed by atoms with Crippen LogP contribution in [-0.4, -0.2) is 49.1 Å². The van der Waals surface area contributed by atoms with E-state index in [1.165, 1.54) is 5.56 Å². The predicted molar refractivity (Wildman–Crippen MR) is 99.5 cm³/mol. The summed E-state index contributed by atoms with van der Waals surface area (Å²) in [5.74, 6) is 0.827. The fraction of sp³-hybridized carbons (Fsp3) is 0.316. The number of benzene rings is 1. The Hall–Kier alpha value is -2.71. The van der Waals surface area contributed by atoms with E-state index in [9.17, 15) is 0 Å². The van der Waals surface area contributed by atoms with Crippen LogP contribution >= 0.6 is 0 Å². The van der Waals surface area contributed by atoms with E-state index in [1.807, 2.05) is 52.3 Å². The van der Waals surface area contributed by atoms with Crippen molar-refractivity contribution in [1.82, 2.24) is 14.9 Å². The van der Waals surface area contributed by atoms with Crippen LogP contribution in [0.5, 0.6) is 0 Å². The number of rotatable bonds is 6. The molecule has 5 heteroatoms. The second kappa shape index (κ2) is 8.23. The molecule has 0 aliphatic carbocycles. The molecule has 1 heterocycles. The zero-order valence-electron chi connectivity index (χ0n) is 14.7. The van der Waals surface area contributed by atoms with Gasteiger partial charge in [0.2, 0.25) is 0 Å². The van der Waals surface area contributed by atoms with Crippen LogP contribution in [0.3, 0.4) is 0 Å². The van der Waals surface area contributed by atoms with Gasteiger partial charge < -0.3 is 9.80 Å². The summed E-state index contributed by atoms with van der Waals surface area (Å²) in [6.45, 7) is 11.3. The van der Waals surface area contributed by atoms with Crippen LogP contribution < -0.4 is 4.90 Å². The minimum absolute atomic E-state index is 0.568. The van der Waals surface area contributed by atoms with Crippen LogP contribution in [0.4, 0.5) is 5.82 Å². The highest BCUT2D eigenvalue weighted by Crippen LogP contribution is 2.19. The Balaban J connectivity index is 2.14. The fourth-order valence-corrected chi connectivity index (χ4v) is 2.11. The minimum atomic E-state index is 0.568. The number of nitrogens with zero attached hydrogens (tertiary/aromatic N) is 5. The van der Waals surface area contributed by atoms with E-state index < -0.39 is 0 Å². The molecule has 0 N–H and O–H groups in total. The molecular weight excluding hydrogens is 298 g/mol. The monoisotopic (exact) mass is 321 g/mol. The van der Waals surface area contributed by atoms with Gasteiger partial charge in [0.05, 0.1) is 24.7 Å². The number of hydrogen-bond acceptors (Lipinski definition) is 4. The van der Waals surface area contributed by atoms with Crippen molar-refractivity contribution in [3.8, 4) is 0 Å². The Kier molecular flexibility index (Phi) is 6.05. The Morgan fingerprint density at radius 2 is 1.79 bits per heavy atom. The molecule has 1 aromatic carbocycles. The molecule has 0 saturated carbocycles. The third-order valence-corrected chi connectivity index (χ3v) is 3.68. The molecule has 2 aromatic rings. The Morgan fingerprint density at radius 1 is 1.08 bits per heavy atom. The quantitative estimate of drug-likeness (QED) is 0.766. The lowest BCUT2D eigenvalue weighted by Gasteiger charge is -2.20. The standard InChI is InChI=1S/C19H23N5/c1-15-6-8-16(9-7-15)18(20-2)12-17-13-22-19(14-21-17)24(5)11-10-23(3)4/h6-9,12-14H,10-11H2,1,3-5H3/b18-12-. The molecule has 24 heavy (non-hydrogen) atoms. The maximum absolute atomic E-state index is 7.40. The zero-order chi connectivity index (χ0) is 17.5. The number of likely N-dealkylation sites (N-methyl/N-ethyl adjacent to an activating group) is 2. The third-order valence-electron chi connectivity index (χ3n) is 3.68. The predicted octanol–water partition coefficient (Wildman–Crippen LogP) is 3.20. The Bertz CT molecular complexity index is 724. The van der Waals surface area contributed by atoms with E-state index in [-0.39, 0.29) is 0 Å². The van der Waals surface area contributed by atoms with Gasteiger partial charge in [-0.15, -0.1) is 0 Å². The first-order valence-electron chi connectivity index (χ1n) is 7.83. The number of aryl methyl sites for hydroxylation is 1. The van der Waals surface area contributed by atoms with Gasteiger partial charge in [0, 0.05) is 20.1 Å². The highest BCUT2D eigenvalue weighted by atomic mass is 15.2. The zero-order valence-corrected chi connectivity index (χ0v) is 14.7. The van der Waals surface area contributed by atoms with Crippen LogP contribution in [0.15, 0.2) is 36.7 Å². The molecule has 124 valence electrons. The summed E-state index contributed by atoms with van der Waals surface area (Å²) in [5, 5.41) is 0. The van der Waals surface area contributed by atoms with Gasteiger partial charge in [-0.2, -0.15) is 0 Å². The lowest BCUT2D eigenvalue weighted by atomic mass is 10.1. The molecule has 0 bridgehead atoms. The summed E-state index contributed by atoms with van der Waals surface area (Å²) in [6, 6.07) is 7.91. The van der Waals surface area contributed by atoms with Gasteiger partial charge in [-0.1, -0.05) is 29.8 Å². The molecule has 0 aliphatic rings. The van der Waals surface area contributed by atoms with Crippen LogP contribution in [0.1, 0.15) is 16.8 Å². The lowest BCUT2D eigenvalue weighted by Crippen LogP contribution is -2.29. The van der Waals surface area contributed by atoms with Gasteiger partial charge in [-0.3, -0.25) is 4.98 Å². The Labute approximate surface area is 144 Å². The molecule has 0 saturated heterocycles. The molecular formula is C19H23N5. The largest absolute Gasteiger partial charge is 0.357 e. The first-order valence-corrected chi connectivity index (χ1v) is 7.83. The molecule has 0 amide bonds. The molecule has 0 fully saturated rings. The summed E-state index contributed by atoms with van der Waals surface area (Å²) in [6.07, 6.45) is 5.23. The van der Waals surface area contributed by atoms with Crippen molar-refractivity contribution in [2.24, 2.45) is 0 Å². The van der Waals surface area contributed by atoms with E-state index in [4.69, 9.17) is 6.57 Å². The maximum atomic E-state index is 7.40. The molecule has 5 nitrogen and oxygen atoms in total. The van der Waals surface area contributed by atoms with E-state index in [0.29, 0.717) is 11.4 Å². The highest BCUT2D eigenvalue weighted by Gasteiger charge is 2.05. The van der Waals surface area contributed by atoms with Crippen molar-refractivity contribution in [2.45, 2.75) is 6.92 Å². The summed E-state index contributed by atoms with van der Waals surface area (Å²) in [4.78, 5) is 16.7. The molecule has 2 rings (SSSR count). The summed E-state index contributed by atoms with van der Waals surface area (Å²) >= 11 is 0. The van der Waals surface area contributed by atoms with Crippen LogP contribution in [0.2, 0.25) is 0 Å². The van der Waals surface area contributed by atoms with Crippen molar-refractivity contribution < 1.29 is 0 Å². The SMILES string of the molecule is [C-]#[N+]/C(=C\c1cnc(N(C)CCN(C)C)cn1)c1ccc(C)cc1. The second-order valence-corrected chi connectivity index (χ2v) is 6.03. The smallest absolute Gasteiger partial charge is 0.196 e. The van der Waals surface area contributed by atoms with Crippen LogP contribution in [-0.2, 0) is 0 Å². The average Bonchev–Trinajstić information content (AvgIpc) is 2.59. The highest BCUT2D eigenvalue weighted by molar-refractivity contribution is 5.84. The minimum Gasteiger partial charge on any atom is -0.357 e. The molecule has 1 aromatic heterocycles. The topological polar surface area (TPSA) is 36.6 Å². The average molecular weight is 321 g/mol. The fourth-order valence-electron chi connectivity index (χ4n) is 2.11. The number of hydrogen-bond donors (Lipinski definition) is 0. The van der Waals surface area contributed by atoms with Gasteiger partial charge in [-0.05, 0) is 32.7 Å². The van der Waals surface area contributed by atoms with E-state index in [1.54, 1.807) is 18.5 Å². The molecule has 0 spiro atoms. The molecule has 0 atom stereocenters. The molecule has 0 radical (unpaired) electrons. The summed E-state index contributed by atoms with van der Waals surface area (Å²) < 4.78 is 0. The van der Waals surface area contributed by atoms with E-state index >= 15 is 0 Å². The first-order chi connectivity index (χ1) is 11.5. The van der Waals surface area contributed by atoms with Crippen molar-refractivity contribution in [3.63, 3.8) is 0 Å². The van der Waals surface area contributed by atoms with E-state index in [2.05, 4.69) is 24.6 Å². The normalized spacial score (nSPS) is 11.4. The van der Waals surface area contributed by atoms with Crippen molar-refractivity contribution in [2.75, 3.05) is 39.1 Å². The Morgan fingerprint density at radius 3 is 2.33 bits per heavy atom. The van der Waals surface area contributed by atoms with Gasteiger partial charge >= 0.3 is 0 Å². The number of aromatic nitrogens is 2. The van der Waals surface area contributed by atoms with Crippen molar-refractivity contribution in [1.29, 1.82) is 0 Å². The van der Waals surface area contributed by atoms with Crippen molar-refractivity contribution >= 4 is 17.6 Å². The van der Waals surface area contributed by atoms with Gasteiger partial charge in [0.15, 0.2) is 5.70 Å². The third kappa shape index (κ3) is 4.90. The number of anilines is 1. The summed E-state index contributed by atoms with van der Waals surface area (Å²) in [7, 11) is 6.09. The van der Waals surface area contributed by atoms with Crippen molar-refractivity contribution in [3.05, 3.63) is 64.9 Å². The maximum Gasteiger partial charge on any atom is 0.196 e. The van der Waals surface area contributed by atoms with Crippen LogP contribution in [0.25, 0.3) is 16.6 Å². The summed E-state index contributed by atoms with van der Waals surface area (Å²) in [5.41, 5.74) is 3.32. The second-order valence-electron chi connectivity index (χ2n) is 6.03. The van der Waals surface area contributed by atoms with Gasteiger partial charge in [-0.25, -0.2) is 9.83 Å². The molecule has 0 unspecified atom stereocenters. The van der Waals surface area contributed by atoms with Gasteiger partial charge in [0.25, 0.3) is 0 Å². The van der Waals surface area contributed by atoms with Gasteiger partial charge in [0.1, 0.15) is 5.82 Å². The van der Waals surface area contributed by atoms with Crippen LogP contribution in [0, 0.1) is 13.5 Å². The lowest BCUT2D eigenvalue weighted by molar-refractivity contribution is 0.416. The molecule has 0 aliphatic heterocycles. The van der Waals surface area contributed by atoms with E-state index in [0.717, 1.165) is 24.5 Å².